The first-order chi connectivity index (χ1) is 17.1. The Morgan fingerprint density at radius 2 is 1.89 bits per heavy atom. The van der Waals surface area contributed by atoms with Gasteiger partial charge in [0.15, 0.2) is 5.82 Å². The molecule has 0 aliphatic heterocycles. The summed E-state index contributed by atoms with van der Waals surface area (Å²) in [6.07, 6.45) is 2.27. The van der Waals surface area contributed by atoms with Gasteiger partial charge in [0, 0.05) is 36.9 Å². The Morgan fingerprint density at radius 1 is 1.09 bits per heavy atom. The molecule has 2 heterocycles. The molecule has 0 aliphatic carbocycles. The maximum absolute atomic E-state index is 12.2. The number of aryl methyl sites for hydroxylation is 1. The Labute approximate surface area is 202 Å². The summed E-state index contributed by atoms with van der Waals surface area (Å²) in [6.45, 7) is 3.84. The molecule has 0 fully saturated rings. The second-order valence-corrected chi connectivity index (χ2v) is 7.96. The van der Waals surface area contributed by atoms with Crippen molar-refractivity contribution in [3.8, 4) is 17.1 Å². The van der Waals surface area contributed by atoms with Crippen molar-refractivity contribution in [3.05, 3.63) is 64.8 Å². The molecule has 0 bridgehead atoms. The molecule has 0 aliphatic rings. The fourth-order valence-corrected chi connectivity index (χ4v) is 3.48. The van der Waals surface area contributed by atoms with E-state index in [1.807, 2.05) is 42.5 Å². The van der Waals surface area contributed by atoms with Crippen LogP contribution in [0.4, 0.5) is 5.82 Å². The van der Waals surface area contributed by atoms with Gasteiger partial charge < -0.3 is 19.9 Å². The fraction of sp³-hybridized carbons (Fsp3) is 0.320. The molecular formula is C25H28N6O4. The maximum atomic E-state index is 12.2. The zero-order chi connectivity index (χ0) is 24.5. The Bertz CT molecular complexity index is 1320. The lowest BCUT2D eigenvalue weighted by molar-refractivity contribution is -0.121. The number of rotatable bonds is 12. The first-order valence-electron chi connectivity index (χ1n) is 11.7. The summed E-state index contributed by atoms with van der Waals surface area (Å²) in [5.74, 6) is 2.22. The standard InChI is InChI=1S/C25H28N6O4/c1-2-16-34-18-10-8-17(9-11-18)23-28-22(35-31-23)13-12-21(32)26-14-5-15-27-24-19-6-3-4-7-20(19)25(33)30-29-24/h3-4,6-11H,2,5,12-16H2,1H3,(H,26,32)(H,27,29)(H,30,33). The number of aromatic nitrogens is 4. The number of hydrogen-bond acceptors (Lipinski definition) is 8. The second-order valence-electron chi connectivity index (χ2n) is 7.96. The zero-order valence-electron chi connectivity index (χ0n) is 19.5. The molecule has 35 heavy (non-hydrogen) atoms. The number of hydrogen-bond donors (Lipinski definition) is 3. The Morgan fingerprint density at radius 3 is 2.69 bits per heavy atom. The van der Waals surface area contributed by atoms with E-state index in [4.69, 9.17) is 9.26 Å². The third kappa shape index (κ3) is 6.44. The van der Waals surface area contributed by atoms with Gasteiger partial charge in [-0.05, 0) is 43.2 Å². The summed E-state index contributed by atoms with van der Waals surface area (Å²) in [5, 5.41) is 18.0. The monoisotopic (exact) mass is 476 g/mol. The maximum Gasteiger partial charge on any atom is 0.272 e. The van der Waals surface area contributed by atoms with Crippen LogP contribution in [0.5, 0.6) is 5.75 Å². The van der Waals surface area contributed by atoms with E-state index in [9.17, 15) is 9.59 Å². The van der Waals surface area contributed by atoms with E-state index in [-0.39, 0.29) is 17.9 Å². The minimum absolute atomic E-state index is 0.0882. The smallest absolute Gasteiger partial charge is 0.272 e. The average Bonchev–Trinajstić information content (AvgIpc) is 3.37. The molecule has 0 unspecified atom stereocenters. The summed E-state index contributed by atoms with van der Waals surface area (Å²) < 4.78 is 10.9. The van der Waals surface area contributed by atoms with Crippen molar-refractivity contribution in [2.75, 3.05) is 25.0 Å². The van der Waals surface area contributed by atoms with Crippen molar-refractivity contribution in [3.63, 3.8) is 0 Å². The lowest BCUT2D eigenvalue weighted by Crippen LogP contribution is -2.26. The predicted octanol–water partition coefficient (Wildman–Crippen LogP) is 3.31. The van der Waals surface area contributed by atoms with Crippen molar-refractivity contribution in [1.82, 2.24) is 25.7 Å². The topological polar surface area (TPSA) is 135 Å². The summed E-state index contributed by atoms with van der Waals surface area (Å²) in [6, 6.07) is 14.8. The Hall–Kier alpha value is -4.21. The van der Waals surface area contributed by atoms with E-state index >= 15 is 0 Å². The van der Waals surface area contributed by atoms with Crippen LogP contribution in [-0.2, 0) is 11.2 Å². The summed E-state index contributed by atoms with van der Waals surface area (Å²) in [7, 11) is 0. The van der Waals surface area contributed by atoms with Crippen molar-refractivity contribution >= 4 is 22.5 Å². The van der Waals surface area contributed by atoms with Gasteiger partial charge in [-0.2, -0.15) is 10.1 Å². The summed E-state index contributed by atoms with van der Waals surface area (Å²) >= 11 is 0. The molecule has 0 radical (unpaired) electrons. The molecular weight excluding hydrogens is 448 g/mol. The molecule has 2 aromatic heterocycles. The van der Waals surface area contributed by atoms with Crippen LogP contribution in [0, 0.1) is 0 Å². The number of amides is 1. The molecule has 182 valence electrons. The van der Waals surface area contributed by atoms with Gasteiger partial charge in [0.05, 0.1) is 12.0 Å². The zero-order valence-corrected chi connectivity index (χ0v) is 19.5. The molecule has 10 nitrogen and oxygen atoms in total. The SMILES string of the molecule is CCCOc1ccc(-c2noc(CCC(=O)NCCCNc3n[nH]c(=O)c4ccccc34)n2)cc1. The lowest BCUT2D eigenvalue weighted by atomic mass is 10.2. The summed E-state index contributed by atoms with van der Waals surface area (Å²) in [4.78, 5) is 28.4. The molecule has 0 saturated heterocycles. The molecule has 0 saturated carbocycles. The predicted molar refractivity (Wildman–Crippen MR) is 132 cm³/mol. The number of benzene rings is 2. The van der Waals surface area contributed by atoms with Crippen LogP contribution in [0.3, 0.4) is 0 Å². The number of nitrogens with one attached hydrogen (secondary N) is 3. The molecule has 10 heteroatoms. The third-order valence-corrected chi connectivity index (χ3v) is 5.28. The Kier molecular flexibility index (Phi) is 8.05. The van der Waals surface area contributed by atoms with Gasteiger partial charge in [-0.15, -0.1) is 0 Å². The van der Waals surface area contributed by atoms with E-state index in [2.05, 4.69) is 37.9 Å². The molecule has 4 rings (SSSR count). The van der Waals surface area contributed by atoms with Crippen LogP contribution in [0.1, 0.15) is 32.1 Å². The number of fused-ring (bicyclic) bond motifs is 1. The quantitative estimate of drug-likeness (QED) is 0.265. The van der Waals surface area contributed by atoms with Gasteiger partial charge >= 0.3 is 0 Å². The largest absolute Gasteiger partial charge is 0.494 e. The highest BCUT2D eigenvalue weighted by molar-refractivity contribution is 5.90. The van der Waals surface area contributed by atoms with E-state index in [0.29, 0.717) is 55.5 Å². The number of anilines is 1. The van der Waals surface area contributed by atoms with Gasteiger partial charge in [0.1, 0.15) is 5.75 Å². The van der Waals surface area contributed by atoms with Crippen LogP contribution in [0.2, 0.25) is 0 Å². The third-order valence-electron chi connectivity index (χ3n) is 5.28. The molecule has 1 amide bonds. The first kappa shape index (κ1) is 23.9. The average molecular weight is 477 g/mol. The highest BCUT2D eigenvalue weighted by atomic mass is 16.5. The number of carbonyl (C=O) groups is 1. The highest BCUT2D eigenvalue weighted by Gasteiger charge is 2.11. The van der Waals surface area contributed by atoms with Gasteiger partial charge in [0.25, 0.3) is 5.56 Å². The number of H-pyrrole nitrogens is 1. The fourth-order valence-electron chi connectivity index (χ4n) is 3.48. The van der Waals surface area contributed by atoms with Crippen LogP contribution >= 0.6 is 0 Å². The highest BCUT2D eigenvalue weighted by Crippen LogP contribution is 2.20. The van der Waals surface area contributed by atoms with Crippen LogP contribution in [0.25, 0.3) is 22.2 Å². The number of nitrogens with zero attached hydrogens (tertiary/aromatic N) is 3. The van der Waals surface area contributed by atoms with Crippen molar-refractivity contribution < 1.29 is 14.1 Å². The van der Waals surface area contributed by atoms with Gasteiger partial charge in [-0.1, -0.05) is 30.3 Å². The van der Waals surface area contributed by atoms with Gasteiger partial charge in [-0.3, -0.25) is 9.59 Å². The van der Waals surface area contributed by atoms with Crippen LogP contribution in [-0.4, -0.2) is 45.9 Å². The van der Waals surface area contributed by atoms with Crippen LogP contribution in [0.15, 0.2) is 57.8 Å². The first-order valence-corrected chi connectivity index (χ1v) is 11.7. The molecule has 3 N–H and O–H groups in total. The second kappa shape index (κ2) is 11.8. The molecule has 2 aromatic carbocycles. The van der Waals surface area contributed by atoms with E-state index in [1.54, 1.807) is 6.07 Å². The van der Waals surface area contributed by atoms with E-state index in [0.717, 1.165) is 23.1 Å². The number of ether oxygens (including phenoxy) is 1. The van der Waals surface area contributed by atoms with Crippen molar-refractivity contribution in [2.24, 2.45) is 0 Å². The normalized spacial score (nSPS) is 10.9. The van der Waals surface area contributed by atoms with Gasteiger partial charge in [-0.25, -0.2) is 5.10 Å². The van der Waals surface area contributed by atoms with E-state index < -0.39 is 0 Å². The molecule has 0 atom stereocenters. The van der Waals surface area contributed by atoms with Gasteiger partial charge in [0.2, 0.25) is 17.6 Å². The minimum atomic E-state index is -0.221. The Balaban J connectivity index is 1.17. The number of aromatic amines is 1. The van der Waals surface area contributed by atoms with Crippen LogP contribution < -0.4 is 20.9 Å². The molecule has 0 spiro atoms. The summed E-state index contributed by atoms with van der Waals surface area (Å²) in [5.41, 5.74) is 0.604. The van der Waals surface area contributed by atoms with Crippen molar-refractivity contribution in [2.45, 2.75) is 32.6 Å². The number of carbonyl (C=O) groups excluding carboxylic acids is 1. The molecule has 4 aromatic rings. The van der Waals surface area contributed by atoms with E-state index in [1.165, 1.54) is 0 Å². The minimum Gasteiger partial charge on any atom is -0.494 e. The lowest BCUT2D eigenvalue weighted by Gasteiger charge is -2.08. The van der Waals surface area contributed by atoms with Crippen molar-refractivity contribution in [1.29, 1.82) is 0 Å².